The van der Waals surface area contributed by atoms with E-state index in [-0.39, 0.29) is 0 Å². The molecule has 21 heavy (non-hydrogen) atoms. The molecule has 0 aromatic heterocycles. The molecule has 5 nitrogen and oxygen atoms in total. The summed E-state index contributed by atoms with van der Waals surface area (Å²) in [6.45, 7) is 3.10. The van der Waals surface area contributed by atoms with E-state index in [9.17, 15) is 9.59 Å². The minimum Gasteiger partial charge on any atom is -0.497 e. The summed E-state index contributed by atoms with van der Waals surface area (Å²) in [6, 6.07) is 7.64. The van der Waals surface area contributed by atoms with E-state index in [1.807, 2.05) is 31.2 Å². The number of hydrogen-bond acceptors (Lipinski definition) is 3. The molecule has 0 heterocycles. The number of rotatable bonds is 7. The Morgan fingerprint density at radius 3 is 2.48 bits per heavy atom. The zero-order chi connectivity index (χ0) is 15.7. The molecule has 0 aliphatic rings. The van der Waals surface area contributed by atoms with Gasteiger partial charge in [-0.05, 0) is 30.5 Å². The fourth-order valence-electron chi connectivity index (χ4n) is 1.86. The fourth-order valence-corrected chi connectivity index (χ4v) is 1.86. The highest BCUT2D eigenvalue weighted by molar-refractivity contribution is 6.34. The van der Waals surface area contributed by atoms with Crippen molar-refractivity contribution in [1.29, 1.82) is 0 Å². The maximum atomic E-state index is 11.8. The van der Waals surface area contributed by atoms with E-state index in [2.05, 4.69) is 5.32 Å². The third kappa shape index (κ3) is 5.85. The number of nitrogens with one attached hydrogen (secondary N) is 1. The van der Waals surface area contributed by atoms with E-state index in [4.69, 9.17) is 4.74 Å². The van der Waals surface area contributed by atoms with Gasteiger partial charge in [0.2, 0.25) is 0 Å². The van der Waals surface area contributed by atoms with Gasteiger partial charge in [0.25, 0.3) is 0 Å². The summed E-state index contributed by atoms with van der Waals surface area (Å²) in [5, 5.41) is 2.66. The molecule has 1 aromatic carbocycles. The molecule has 0 radical (unpaired) electrons. The molecule has 0 saturated heterocycles. The number of amides is 2. The third-order valence-electron chi connectivity index (χ3n) is 3.25. The number of benzene rings is 1. The first-order valence-electron chi connectivity index (χ1n) is 7.24. The predicted molar refractivity (Wildman–Crippen MR) is 82.3 cm³/mol. The molecule has 1 rings (SSSR count). The summed E-state index contributed by atoms with van der Waals surface area (Å²) in [4.78, 5) is 25.0. The summed E-state index contributed by atoms with van der Waals surface area (Å²) in [6.07, 6.45) is 2.58. The molecule has 0 bridgehead atoms. The zero-order valence-electron chi connectivity index (χ0n) is 13.0. The van der Waals surface area contributed by atoms with Crippen LogP contribution in [0, 0.1) is 0 Å². The Morgan fingerprint density at radius 2 is 1.90 bits per heavy atom. The lowest BCUT2D eigenvalue weighted by molar-refractivity contribution is -0.145. The fraction of sp³-hybridized carbons (Fsp3) is 0.500. The van der Waals surface area contributed by atoms with Crippen LogP contribution in [0.1, 0.15) is 25.3 Å². The van der Waals surface area contributed by atoms with Crippen LogP contribution >= 0.6 is 0 Å². The van der Waals surface area contributed by atoms with Gasteiger partial charge in [0.05, 0.1) is 7.11 Å². The van der Waals surface area contributed by atoms with Gasteiger partial charge in [-0.1, -0.05) is 25.5 Å². The number of unbranched alkanes of at least 4 members (excludes halogenated alkanes) is 1. The third-order valence-corrected chi connectivity index (χ3v) is 3.25. The minimum atomic E-state index is -0.540. The Balaban J connectivity index is 2.33. The van der Waals surface area contributed by atoms with Gasteiger partial charge in [-0.15, -0.1) is 0 Å². The average Bonchev–Trinajstić information content (AvgIpc) is 2.52. The molecule has 0 atom stereocenters. The van der Waals surface area contributed by atoms with Crippen LogP contribution in [-0.2, 0) is 16.0 Å². The molecule has 0 spiro atoms. The molecule has 0 saturated carbocycles. The first kappa shape index (κ1) is 17.0. The van der Waals surface area contributed by atoms with Crippen LogP contribution in [0.2, 0.25) is 0 Å². The summed E-state index contributed by atoms with van der Waals surface area (Å²) >= 11 is 0. The first-order valence-corrected chi connectivity index (χ1v) is 7.24. The maximum absolute atomic E-state index is 11.8. The van der Waals surface area contributed by atoms with Crippen molar-refractivity contribution in [2.45, 2.75) is 26.2 Å². The van der Waals surface area contributed by atoms with Crippen LogP contribution in [-0.4, -0.2) is 44.0 Å². The van der Waals surface area contributed by atoms with Crippen molar-refractivity contribution in [1.82, 2.24) is 10.2 Å². The van der Waals surface area contributed by atoms with E-state index in [0.717, 1.165) is 24.2 Å². The second-order valence-electron chi connectivity index (χ2n) is 4.93. The second-order valence-corrected chi connectivity index (χ2v) is 4.93. The summed E-state index contributed by atoms with van der Waals surface area (Å²) in [7, 11) is 3.27. The van der Waals surface area contributed by atoms with Gasteiger partial charge in [-0.3, -0.25) is 9.59 Å². The molecule has 0 fully saturated rings. The van der Waals surface area contributed by atoms with E-state index in [0.29, 0.717) is 19.5 Å². The number of ether oxygens (including phenoxy) is 1. The highest BCUT2D eigenvalue weighted by Gasteiger charge is 2.17. The molecular formula is C16H24N2O3. The lowest BCUT2D eigenvalue weighted by atomic mass is 10.1. The topological polar surface area (TPSA) is 58.6 Å². The molecule has 0 aliphatic carbocycles. The molecule has 5 heteroatoms. The van der Waals surface area contributed by atoms with Crippen LogP contribution in [0.5, 0.6) is 5.75 Å². The van der Waals surface area contributed by atoms with Gasteiger partial charge in [-0.2, -0.15) is 0 Å². The van der Waals surface area contributed by atoms with Gasteiger partial charge in [0.1, 0.15) is 5.75 Å². The second kappa shape index (κ2) is 9.00. The lowest BCUT2D eigenvalue weighted by Gasteiger charge is -2.16. The minimum absolute atomic E-state index is 0.443. The Hall–Kier alpha value is -2.04. The number of carbonyl (C=O) groups is 2. The standard InChI is InChI=1S/C16H24N2O3/c1-4-5-12-18(2)16(20)15(19)17-11-10-13-6-8-14(21-3)9-7-13/h6-9H,4-5,10-12H2,1-3H3,(H,17,19). The number of nitrogens with zero attached hydrogens (tertiary/aromatic N) is 1. The summed E-state index contributed by atoms with van der Waals surface area (Å²) in [5.74, 6) is -0.212. The highest BCUT2D eigenvalue weighted by atomic mass is 16.5. The van der Waals surface area contributed by atoms with Gasteiger partial charge < -0.3 is 15.0 Å². The Morgan fingerprint density at radius 1 is 1.24 bits per heavy atom. The quantitative estimate of drug-likeness (QED) is 0.777. The van der Waals surface area contributed by atoms with Crippen molar-refractivity contribution >= 4 is 11.8 Å². The highest BCUT2D eigenvalue weighted by Crippen LogP contribution is 2.11. The van der Waals surface area contributed by atoms with E-state index in [1.54, 1.807) is 14.2 Å². The Kier molecular flexibility index (Phi) is 7.29. The number of likely N-dealkylation sites (N-methyl/N-ethyl adjacent to an activating group) is 1. The van der Waals surface area contributed by atoms with E-state index < -0.39 is 11.8 Å². The first-order chi connectivity index (χ1) is 10.1. The Labute approximate surface area is 126 Å². The maximum Gasteiger partial charge on any atom is 0.311 e. The molecule has 0 aliphatic heterocycles. The van der Waals surface area contributed by atoms with Crippen molar-refractivity contribution < 1.29 is 14.3 Å². The molecular weight excluding hydrogens is 268 g/mol. The van der Waals surface area contributed by atoms with Crippen LogP contribution in [0.3, 0.4) is 0 Å². The Bertz CT molecular complexity index is 457. The smallest absolute Gasteiger partial charge is 0.311 e. The number of hydrogen-bond donors (Lipinski definition) is 1. The van der Waals surface area contributed by atoms with Crippen molar-refractivity contribution in [3.05, 3.63) is 29.8 Å². The van der Waals surface area contributed by atoms with E-state index in [1.165, 1.54) is 4.90 Å². The van der Waals surface area contributed by atoms with Crippen molar-refractivity contribution in [3.63, 3.8) is 0 Å². The molecule has 1 aromatic rings. The SMILES string of the molecule is CCCCN(C)C(=O)C(=O)NCCc1ccc(OC)cc1. The number of methoxy groups -OCH3 is 1. The molecule has 2 amide bonds. The van der Waals surface area contributed by atoms with Crippen molar-refractivity contribution in [2.24, 2.45) is 0 Å². The normalized spacial score (nSPS) is 10.0. The van der Waals surface area contributed by atoms with Crippen molar-refractivity contribution in [3.8, 4) is 5.75 Å². The van der Waals surface area contributed by atoms with Gasteiger partial charge >= 0.3 is 11.8 Å². The van der Waals surface area contributed by atoms with Crippen LogP contribution in [0.25, 0.3) is 0 Å². The summed E-state index contributed by atoms with van der Waals surface area (Å²) < 4.78 is 5.08. The van der Waals surface area contributed by atoms with Gasteiger partial charge in [0.15, 0.2) is 0 Å². The van der Waals surface area contributed by atoms with Crippen LogP contribution in [0.15, 0.2) is 24.3 Å². The number of carbonyl (C=O) groups excluding carboxylic acids is 2. The largest absolute Gasteiger partial charge is 0.497 e. The molecule has 1 N–H and O–H groups in total. The van der Waals surface area contributed by atoms with Gasteiger partial charge in [-0.25, -0.2) is 0 Å². The molecule has 116 valence electrons. The van der Waals surface area contributed by atoms with E-state index >= 15 is 0 Å². The molecule has 0 unspecified atom stereocenters. The predicted octanol–water partition coefficient (Wildman–Crippen LogP) is 1.61. The zero-order valence-corrected chi connectivity index (χ0v) is 13.0. The van der Waals surface area contributed by atoms with Crippen LogP contribution in [0.4, 0.5) is 0 Å². The van der Waals surface area contributed by atoms with Crippen LogP contribution < -0.4 is 10.1 Å². The summed E-state index contributed by atoms with van der Waals surface area (Å²) in [5.41, 5.74) is 1.09. The monoisotopic (exact) mass is 292 g/mol. The van der Waals surface area contributed by atoms with Gasteiger partial charge in [0, 0.05) is 20.1 Å². The van der Waals surface area contributed by atoms with Crippen molar-refractivity contribution in [2.75, 3.05) is 27.2 Å². The lowest BCUT2D eigenvalue weighted by Crippen LogP contribution is -2.42. The average molecular weight is 292 g/mol.